The van der Waals surface area contributed by atoms with Gasteiger partial charge in [0.25, 0.3) is 0 Å². The third-order valence-corrected chi connectivity index (χ3v) is 3.81. The fourth-order valence-electron chi connectivity index (χ4n) is 2.68. The molecule has 0 amide bonds. The molecule has 3 rings (SSSR count). The number of hydrogen-bond donors (Lipinski definition) is 2. The summed E-state index contributed by atoms with van der Waals surface area (Å²) < 4.78 is 5.47. The van der Waals surface area contributed by atoms with Crippen molar-refractivity contribution in [2.75, 3.05) is 12.4 Å². The van der Waals surface area contributed by atoms with E-state index in [2.05, 4.69) is 47.3 Å². The number of pyridine rings is 1. The van der Waals surface area contributed by atoms with Crippen molar-refractivity contribution >= 4 is 16.7 Å². The minimum absolute atomic E-state index is 0.749. The van der Waals surface area contributed by atoms with Gasteiger partial charge in [-0.15, -0.1) is 0 Å². The predicted molar refractivity (Wildman–Crippen MR) is 85.9 cm³/mol. The number of aromatic amines is 1. The average Bonchev–Trinajstić information content (AvgIpc) is 2.90. The molecule has 0 atom stereocenters. The molecule has 0 fully saturated rings. The third-order valence-electron chi connectivity index (χ3n) is 3.81. The van der Waals surface area contributed by atoms with Gasteiger partial charge in [-0.25, -0.2) is 4.98 Å². The van der Waals surface area contributed by atoms with E-state index in [-0.39, 0.29) is 0 Å². The summed E-state index contributed by atoms with van der Waals surface area (Å²) in [5.41, 5.74) is 5.51. The Morgan fingerprint density at radius 1 is 1.24 bits per heavy atom. The minimum atomic E-state index is 0.749. The maximum atomic E-state index is 5.47. The monoisotopic (exact) mass is 281 g/mol. The lowest BCUT2D eigenvalue weighted by Gasteiger charge is -2.14. The molecule has 3 aromatic rings. The zero-order valence-electron chi connectivity index (χ0n) is 12.5. The summed E-state index contributed by atoms with van der Waals surface area (Å²) in [6.07, 6.45) is 3.80. The number of methoxy groups -OCH3 is 1. The minimum Gasteiger partial charge on any atom is -0.496 e. The van der Waals surface area contributed by atoms with Gasteiger partial charge in [0.05, 0.1) is 7.11 Å². The van der Waals surface area contributed by atoms with E-state index < -0.39 is 0 Å². The first-order valence-corrected chi connectivity index (χ1v) is 6.99. The van der Waals surface area contributed by atoms with Crippen molar-refractivity contribution in [2.24, 2.45) is 0 Å². The molecule has 0 aliphatic rings. The summed E-state index contributed by atoms with van der Waals surface area (Å²) >= 11 is 0. The first-order valence-electron chi connectivity index (χ1n) is 6.99. The molecule has 0 spiro atoms. The molecule has 0 aliphatic carbocycles. The predicted octanol–water partition coefficient (Wildman–Crippen LogP) is 3.80. The lowest BCUT2D eigenvalue weighted by atomic mass is 10.1. The highest BCUT2D eigenvalue weighted by Gasteiger charge is 2.09. The number of H-pyrrole nitrogens is 1. The molecule has 0 saturated carbocycles. The molecule has 4 nitrogen and oxygen atoms in total. The molecule has 2 aromatic heterocycles. The molecule has 4 heteroatoms. The number of hydrogen-bond acceptors (Lipinski definition) is 3. The van der Waals surface area contributed by atoms with Crippen LogP contribution >= 0.6 is 0 Å². The molecule has 0 aliphatic heterocycles. The normalized spacial score (nSPS) is 10.8. The zero-order valence-corrected chi connectivity index (χ0v) is 12.5. The van der Waals surface area contributed by atoms with Crippen molar-refractivity contribution in [3.05, 3.63) is 53.3 Å². The van der Waals surface area contributed by atoms with Crippen LogP contribution in [0.3, 0.4) is 0 Å². The van der Waals surface area contributed by atoms with E-state index in [0.29, 0.717) is 0 Å². The quantitative estimate of drug-likeness (QED) is 0.764. The summed E-state index contributed by atoms with van der Waals surface area (Å²) in [7, 11) is 1.71. The third kappa shape index (κ3) is 2.44. The summed E-state index contributed by atoms with van der Waals surface area (Å²) in [5.74, 6) is 0.945. The van der Waals surface area contributed by atoms with Crippen LogP contribution in [0.25, 0.3) is 11.0 Å². The molecule has 21 heavy (non-hydrogen) atoms. The van der Waals surface area contributed by atoms with Crippen molar-refractivity contribution in [1.82, 2.24) is 9.97 Å². The molecule has 0 bridgehead atoms. The fourth-order valence-corrected chi connectivity index (χ4v) is 2.68. The van der Waals surface area contributed by atoms with Crippen molar-refractivity contribution in [3.63, 3.8) is 0 Å². The highest BCUT2D eigenvalue weighted by atomic mass is 16.5. The lowest BCUT2D eigenvalue weighted by Crippen LogP contribution is -2.02. The Balaban J connectivity index is 1.85. The van der Waals surface area contributed by atoms with Gasteiger partial charge >= 0.3 is 0 Å². The lowest BCUT2D eigenvalue weighted by molar-refractivity contribution is 0.409. The zero-order chi connectivity index (χ0) is 14.8. The number of rotatable bonds is 4. The van der Waals surface area contributed by atoms with Crippen molar-refractivity contribution in [2.45, 2.75) is 20.4 Å². The van der Waals surface area contributed by atoms with E-state index >= 15 is 0 Å². The molecular formula is C17H19N3O. The number of benzene rings is 1. The molecule has 108 valence electrons. The van der Waals surface area contributed by atoms with Gasteiger partial charge in [-0.3, -0.25) is 0 Å². The summed E-state index contributed by atoms with van der Waals surface area (Å²) in [6, 6.07) is 8.21. The number of anilines is 1. The number of ether oxygens (including phenoxy) is 1. The molecule has 1 aromatic carbocycles. The van der Waals surface area contributed by atoms with Gasteiger partial charge in [-0.05, 0) is 43.2 Å². The van der Waals surface area contributed by atoms with Crippen LogP contribution < -0.4 is 10.1 Å². The maximum absolute atomic E-state index is 5.47. The summed E-state index contributed by atoms with van der Waals surface area (Å²) in [4.78, 5) is 7.50. The van der Waals surface area contributed by atoms with Crippen LogP contribution in [0, 0.1) is 13.8 Å². The Kier molecular flexibility index (Phi) is 3.52. The van der Waals surface area contributed by atoms with Crippen LogP contribution in [0.1, 0.15) is 16.7 Å². The Morgan fingerprint density at radius 2 is 2.10 bits per heavy atom. The van der Waals surface area contributed by atoms with Gasteiger partial charge < -0.3 is 15.0 Å². The Morgan fingerprint density at radius 3 is 2.90 bits per heavy atom. The van der Waals surface area contributed by atoms with Gasteiger partial charge in [-0.1, -0.05) is 6.07 Å². The molecule has 2 heterocycles. The second kappa shape index (κ2) is 5.48. The van der Waals surface area contributed by atoms with E-state index in [9.17, 15) is 0 Å². The van der Waals surface area contributed by atoms with Crippen LogP contribution in [-0.4, -0.2) is 17.1 Å². The number of aryl methyl sites for hydroxylation is 1. The van der Waals surface area contributed by atoms with Gasteiger partial charge in [0.15, 0.2) is 0 Å². The van der Waals surface area contributed by atoms with E-state index in [1.807, 2.05) is 12.3 Å². The van der Waals surface area contributed by atoms with Crippen molar-refractivity contribution in [3.8, 4) is 5.75 Å². The molecule has 0 radical (unpaired) electrons. The number of aromatic nitrogens is 2. The standard InChI is InChI=1S/C17H19N3O/c1-11-6-7-15(12(2)16(11)21-3)19-9-13-10-20-17-14(13)5-4-8-18-17/h4-8,10,19H,9H2,1-3H3,(H,18,20). The van der Waals surface area contributed by atoms with E-state index in [1.54, 1.807) is 13.3 Å². The van der Waals surface area contributed by atoms with Crippen molar-refractivity contribution in [1.29, 1.82) is 0 Å². The largest absolute Gasteiger partial charge is 0.496 e. The first-order chi connectivity index (χ1) is 10.2. The Bertz CT molecular complexity index is 777. The highest BCUT2D eigenvalue weighted by molar-refractivity contribution is 5.79. The second-order valence-electron chi connectivity index (χ2n) is 5.16. The van der Waals surface area contributed by atoms with Crippen LogP contribution in [0.2, 0.25) is 0 Å². The van der Waals surface area contributed by atoms with E-state index in [1.165, 1.54) is 5.56 Å². The van der Waals surface area contributed by atoms with Gasteiger partial charge in [-0.2, -0.15) is 0 Å². The van der Waals surface area contributed by atoms with Gasteiger partial charge in [0.1, 0.15) is 11.4 Å². The second-order valence-corrected chi connectivity index (χ2v) is 5.16. The maximum Gasteiger partial charge on any atom is 0.137 e. The molecule has 0 unspecified atom stereocenters. The van der Waals surface area contributed by atoms with Crippen LogP contribution in [0.5, 0.6) is 5.75 Å². The summed E-state index contributed by atoms with van der Waals surface area (Å²) in [5, 5.41) is 4.64. The number of nitrogens with zero attached hydrogens (tertiary/aromatic N) is 1. The number of nitrogens with one attached hydrogen (secondary N) is 2. The Labute approximate surface area is 124 Å². The molecular weight excluding hydrogens is 262 g/mol. The smallest absolute Gasteiger partial charge is 0.137 e. The average molecular weight is 281 g/mol. The highest BCUT2D eigenvalue weighted by Crippen LogP contribution is 2.29. The Hall–Kier alpha value is -2.49. The van der Waals surface area contributed by atoms with Gasteiger partial charge in [0.2, 0.25) is 0 Å². The molecule has 0 saturated heterocycles. The topological polar surface area (TPSA) is 49.9 Å². The van der Waals surface area contributed by atoms with Crippen LogP contribution in [-0.2, 0) is 6.54 Å². The first kappa shape index (κ1) is 13.5. The van der Waals surface area contributed by atoms with E-state index in [4.69, 9.17) is 4.74 Å². The SMILES string of the molecule is COc1c(C)ccc(NCc2c[nH]c3ncccc23)c1C. The summed E-state index contributed by atoms with van der Waals surface area (Å²) in [6.45, 7) is 4.88. The fraction of sp³-hybridized carbons (Fsp3) is 0.235. The number of fused-ring (bicyclic) bond motifs is 1. The molecule has 2 N–H and O–H groups in total. The van der Waals surface area contributed by atoms with Crippen LogP contribution in [0.4, 0.5) is 5.69 Å². The van der Waals surface area contributed by atoms with Gasteiger partial charge in [0, 0.05) is 35.6 Å². The van der Waals surface area contributed by atoms with Crippen LogP contribution in [0.15, 0.2) is 36.7 Å². The van der Waals surface area contributed by atoms with E-state index in [0.717, 1.165) is 40.1 Å². The van der Waals surface area contributed by atoms with Crippen molar-refractivity contribution < 1.29 is 4.74 Å².